The monoisotopic (exact) mass is 229 g/mol. The summed E-state index contributed by atoms with van der Waals surface area (Å²) in [7, 11) is 0. The zero-order chi connectivity index (χ0) is 12.2. The summed E-state index contributed by atoms with van der Waals surface area (Å²) >= 11 is 0. The SMILES string of the molecule is CCC(CC)(CNC1CCOC1C)C(=O)O. The Morgan fingerprint density at radius 1 is 1.50 bits per heavy atom. The van der Waals surface area contributed by atoms with Crippen LogP contribution >= 0.6 is 0 Å². The predicted molar refractivity (Wildman–Crippen MR) is 62.5 cm³/mol. The Labute approximate surface area is 97.4 Å². The molecule has 0 aromatic carbocycles. The van der Waals surface area contributed by atoms with Crippen molar-refractivity contribution in [3.8, 4) is 0 Å². The van der Waals surface area contributed by atoms with E-state index in [1.54, 1.807) is 0 Å². The molecule has 94 valence electrons. The van der Waals surface area contributed by atoms with Crippen LogP contribution in [0.25, 0.3) is 0 Å². The molecule has 2 unspecified atom stereocenters. The number of carboxylic acid groups (broad SMARTS) is 1. The summed E-state index contributed by atoms with van der Waals surface area (Å²) in [5.74, 6) is -0.698. The summed E-state index contributed by atoms with van der Waals surface area (Å²) in [6.45, 7) is 7.22. The van der Waals surface area contributed by atoms with Gasteiger partial charge in [0.1, 0.15) is 0 Å². The Kier molecular flexibility index (Phi) is 4.74. The Morgan fingerprint density at radius 2 is 2.12 bits per heavy atom. The van der Waals surface area contributed by atoms with Crippen LogP contribution in [0.1, 0.15) is 40.0 Å². The minimum atomic E-state index is -0.698. The Bertz CT molecular complexity index is 238. The van der Waals surface area contributed by atoms with Crippen molar-refractivity contribution in [2.45, 2.75) is 52.2 Å². The van der Waals surface area contributed by atoms with Crippen molar-refractivity contribution in [2.24, 2.45) is 5.41 Å². The fraction of sp³-hybridized carbons (Fsp3) is 0.917. The van der Waals surface area contributed by atoms with Gasteiger partial charge in [0, 0.05) is 19.2 Å². The van der Waals surface area contributed by atoms with Crippen LogP contribution in [-0.2, 0) is 9.53 Å². The molecule has 1 aliphatic rings. The maximum absolute atomic E-state index is 11.3. The summed E-state index contributed by atoms with van der Waals surface area (Å²) in [6, 6.07) is 0.303. The van der Waals surface area contributed by atoms with Crippen molar-refractivity contribution in [2.75, 3.05) is 13.2 Å². The first-order valence-corrected chi connectivity index (χ1v) is 6.14. The van der Waals surface area contributed by atoms with Crippen LogP contribution < -0.4 is 5.32 Å². The van der Waals surface area contributed by atoms with Gasteiger partial charge in [-0.1, -0.05) is 13.8 Å². The molecule has 1 aliphatic heterocycles. The van der Waals surface area contributed by atoms with Crippen molar-refractivity contribution in [3.05, 3.63) is 0 Å². The molecule has 0 bridgehead atoms. The summed E-state index contributed by atoms with van der Waals surface area (Å²) in [5.41, 5.74) is -0.623. The first kappa shape index (κ1) is 13.5. The molecule has 0 aromatic rings. The average molecular weight is 229 g/mol. The molecule has 4 heteroatoms. The lowest BCUT2D eigenvalue weighted by Gasteiger charge is -2.29. The highest BCUT2D eigenvalue weighted by atomic mass is 16.5. The van der Waals surface area contributed by atoms with E-state index in [0.29, 0.717) is 25.4 Å². The molecule has 1 saturated heterocycles. The van der Waals surface area contributed by atoms with Gasteiger partial charge in [-0.25, -0.2) is 0 Å². The second kappa shape index (κ2) is 5.64. The van der Waals surface area contributed by atoms with Crippen molar-refractivity contribution in [1.82, 2.24) is 5.32 Å². The van der Waals surface area contributed by atoms with Gasteiger partial charge in [-0.15, -0.1) is 0 Å². The van der Waals surface area contributed by atoms with Gasteiger partial charge in [0.15, 0.2) is 0 Å². The summed E-state index contributed by atoms with van der Waals surface area (Å²) in [4.78, 5) is 11.3. The van der Waals surface area contributed by atoms with Gasteiger partial charge in [-0.2, -0.15) is 0 Å². The second-order valence-corrected chi connectivity index (χ2v) is 4.64. The molecule has 0 aliphatic carbocycles. The molecular formula is C12H23NO3. The quantitative estimate of drug-likeness (QED) is 0.727. The van der Waals surface area contributed by atoms with E-state index in [1.165, 1.54) is 0 Å². The van der Waals surface area contributed by atoms with Crippen LogP contribution in [0.3, 0.4) is 0 Å². The van der Waals surface area contributed by atoms with E-state index in [-0.39, 0.29) is 6.10 Å². The Hall–Kier alpha value is -0.610. The molecule has 1 heterocycles. The van der Waals surface area contributed by atoms with Gasteiger partial charge in [0.05, 0.1) is 11.5 Å². The first-order chi connectivity index (χ1) is 7.55. The lowest BCUT2D eigenvalue weighted by atomic mass is 9.82. The third-order valence-electron chi connectivity index (χ3n) is 3.89. The fourth-order valence-corrected chi connectivity index (χ4v) is 2.20. The molecule has 0 spiro atoms. The highest BCUT2D eigenvalue weighted by molar-refractivity contribution is 5.74. The topological polar surface area (TPSA) is 58.6 Å². The molecule has 1 rings (SSSR count). The van der Waals surface area contributed by atoms with Gasteiger partial charge < -0.3 is 15.2 Å². The molecule has 1 fully saturated rings. The number of carbonyl (C=O) groups is 1. The number of hydrogen-bond acceptors (Lipinski definition) is 3. The summed E-state index contributed by atoms with van der Waals surface area (Å²) in [6.07, 6.45) is 2.49. The standard InChI is InChI=1S/C12H23NO3/c1-4-12(5-2,11(14)15)8-13-10-6-7-16-9(10)3/h9-10,13H,4-8H2,1-3H3,(H,14,15). The van der Waals surface area contributed by atoms with E-state index >= 15 is 0 Å². The first-order valence-electron chi connectivity index (χ1n) is 6.14. The highest BCUT2D eigenvalue weighted by Gasteiger charge is 2.36. The van der Waals surface area contributed by atoms with Gasteiger partial charge in [-0.05, 0) is 26.2 Å². The average Bonchev–Trinajstić information content (AvgIpc) is 2.66. The Morgan fingerprint density at radius 3 is 2.50 bits per heavy atom. The molecule has 0 amide bonds. The van der Waals surface area contributed by atoms with Crippen LogP contribution in [0.5, 0.6) is 0 Å². The van der Waals surface area contributed by atoms with E-state index < -0.39 is 11.4 Å². The van der Waals surface area contributed by atoms with Crippen LogP contribution in [0.2, 0.25) is 0 Å². The minimum Gasteiger partial charge on any atom is -0.481 e. The van der Waals surface area contributed by atoms with Gasteiger partial charge in [-0.3, -0.25) is 4.79 Å². The molecule has 0 radical (unpaired) electrons. The molecule has 4 nitrogen and oxygen atoms in total. The zero-order valence-corrected chi connectivity index (χ0v) is 10.5. The molecule has 16 heavy (non-hydrogen) atoms. The maximum atomic E-state index is 11.3. The van der Waals surface area contributed by atoms with Gasteiger partial charge in [0.2, 0.25) is 0 Å². The number of rotatable bonds is 6. The van der Waals surface area contributed by atoms with E-state index in [9.17, 15) is 9.90 Å². The zero-order valence-electron chi connectivity index (χ0n) is 10.5. The van der Waals surface area contributed by atoms with E-state index in [4.69, 9.17) is 4.74 Å². The molecule has 0 saturated carbocycles. The van der Waals surface area contributed by atoms with Crippen molar-refractivity contribution < 1.29 is 14.6 Å². The van der Waals surface area contributed by atoms with Crippen molar-refractivity contribution in [3.63, 3.8) is 0 Å². The largest absolute Gasteiger partial charge is 0.481 e. The molecule has 2 N–H and O–H groups in total. The normalized spacial score (nSPS) is 25.9. The van der Waals surface area contributed by atoms with Crippen LogP contribution in [0.4, 0.5) is 0 Å². The smallest absolute Gasteiger partial charge is 0.310 e. The molecular weight excluding hydrogens is 206 g/mol. The third kappa shape index (κ3) is 2.74. The van der Waals surface area contributed by atoms with Gasteiger partial charge in [0.25, 0.3) is 0 Å². The van der Waals surface area contributed by atoms with E-state index in [2.05, 4.69) is 5.32 Å². The maximum Gasteiger partial charge on any atom is 0.310 e. The van der Waals surface area contributed by atoms with Crippen LogP contribution in [0, 0.1) is 5.41 Å². The highest BCUT2D eigenvalue weighted by Crippen LogP contribution is 2.26. The van der Waals surface area contributed by atoms with Crippen LogP contribution in [-0.4, -0.2) is 36.4 Å². The number of hydrogen-bond donors (Lipinski definition) is 2. The Balaban J connectivity index is 2.52. The second-order valence-electron chi connectivity index (χ2n) is 4.64. The third-order valence-corrected chi connectivity index (χ3v) is 3.89. The number of carboxylic acids is 1. The molecule has 0 aromatic heterocycles. The molecule has 2 atom stereocenters. The van der Waals surface area contributed by atoms with E-state index in [1.807, 2.05) is 20.8 Å². The van der Waals surface area contributed by atoms with Gasteiger partial charge >= 0.3 is 5.97 Å². The fourth-order valence-electron chi connectivity index (χ4n) is 2.20. The van der Waals surface area contributed by atoms with Crippen LogP contribution in [0.15, 0.2) is 0 Å². The lowest BCUT2D eigenvalue weighted by molar-refractivity contribution is -0.149. The van der Waals surface area contributed by atoms with E-state index in [0.717, 1.165) is 13.0 Å². The summed E-state index contributed by atoms with van der Waals surface area (Å²) < 4.78 is 5.45. The lowest BCUT2D eigenvalue weighted by Crippen LogP contribution is -2.45. The number of ether oxygens (including phenoxy) is 1. The van der Waals surface area contributed by atoms with Crippen molar-refractivity contribution >= 4 is 5.97 Å². The summed E-state index contributed by atoms with van der Waals surface area (Å²) in [5, 5.41) is 12.6. The predicted octanol–water partition coefficient (Wildman–Crippen LogP) is 1.64. The van der Waals surface area contributed by atoms with Crippen molar-refractivity contribution in [1.29, 1.82) is 0 Å². The number of nitrogens with one attached hydrogen (secondary N) is 1. The minimum absolute atomic E-state index is 0.195. The number of aliphatic carboxylic acids is 1.